The van der Waals surface area contributed by atoms with Crippen LogP contribution in [0.1, 0.15) is 26.2 Å². The Morgan fingerprint density at radius 2 is 2.08 bits per heavy atom. The average molecular weight is 199 g/mol. The minimum atomic E-state index is -1.57. The maximum atomic E-state index is 11.1. The maximum Gasteiger partial charge on any atom is 0.219 e. The van der Waals surface area contributed by atoms with Gasteiger partial charge in [-0.15, -0.1) is 0 Å². The van der Waals surface area contributed by atoms with Crippen LogP contribution in [0.15, 0.2) is 0 Å². The first-order valence-electron chi connectivity index (χ1n) is 5.48. The zero-order chi connectivity index (χ0) is 9.42. The number of hydrogen-bond donors (Lipinski definition) is 0. The molecule has 1 radical (unpaired) electrons. The van der Waals surface area contributed by atoms with Crippen molar-refractivity contribution in [2.75, 3.05) is 0 Å². The molecule has 3 heteroatoms. The third kappa shape index (κ3) is 2.33. The summed E-state index contributed by atoms with van der Waals surface area (Å²) in [6.07, 6.45) is 4.81. The molecule has 2 rings (SSSR count). The van der Waals surface area contributed by atoms with E-state index in [1.807, 2.05) is 6.55 Å². The van der Waals surface area contributed by atoms with E-state index in [-0.39, 0.29) is 0 Å². The number of hydrogen-bond acceptors (Lipinski definition) is 1. The van der Waals surface area contributed by atoms with Gasteiger partial charge in [-0.25, -0.2) is 0 Å². The van der Waals surface area contributed by atoms with Crippen molar-refractivity contribution in [1.82, 2.24) is 0 Å². The third-order valence-corrected chi connectivity index (χ3v) is 4.72. The van der Waals surface area contributed by atoms with Gasteiger partial charge in [0.15, 0.2) is 0 Å². The molecule has 75 valence electrons. The minimum Gasteiger partial charge on any atom is -0.370 e. The summed E-state index contributed by atoms with van der Waals surface area (Å²) in [5, 5.41) is 0. The standard InChI is InChI=1S/C10H19O2Si/c1-7-5-9-10(12-9)6-8(7)3-4-13(2)11/h7-10,13H,3-6H2,1-2H3. The molecule has 5 unspecified atom stereocenters. The van der Waals surface area contributed by atoms with Gasteiger partial charge in [-0.2, -0.15) is 0 Å². The number of epoxide rings is 1. The van der Waals surface area contributed by atoms with Crippen molar-refractivity contribution < 1.29 is 9.53 Å². The fourth-order valence-corrected chi connectivity index (χ4v) is 3.43. The van der Waals surface area contributed by atoms with Gasteiger partial charge in [-0.05, 0) is 37.3 Å². The minimum absolute atomic E-state index is 0.574. The molecule has 0 N–H and O–H groups in total. The molecule has 0 bridgehead atoms. The average Bonchev–Trinajstić information content (AvgIpc) is 2.77. The smallest absolute Gasteiger partial charge is 0.219 e. The monoisotopic (exact) mass is 199 g/mol. The van der Waals surface area contributed by atoms with Gasteiger partial charge < -0.3 is 9.53 Å². The number of ether oxygens (including phenoxy) is 1. The highest BCUT2D eigenvalue weighted by atomic mass is 28.3. The van der Waals surface area contributed by atoms with Crippen LogP contribution in [0.2, 0.25) is 12.6 Å². The highest BCUT2D eigenvalue weighted by Gasteiger charge is 2.46. The Hall–Kier alpha value is 0.137. The van der Waals surface area contributed by atoms with Crippen LogP contribution in [0, 0.1) is 11.8 Å². The molecule has 13 heavy (non-hydrogen) atoms. The second-order valence-corrected chi connectivity index (χ2v) is 7.01. The van der Waals surface area contributed by atoms with E-state index in [9.17, 15) is 4.80 Å². The van der Waals surface area contributed by atoms with Gasteiger partial charge in [-0.3, -0.25) is 0 Å². The van der Waals surface area contributed by atoms with Crippen molar-refractivity contribution >= 4 is 9.04 Å². The van der Waals surface area contributed by atoms with Crippen LogP contribution in [0.4, 0.5) is 0 Å². The van der Waals surface area contributed by atoms with Crippen LogP contribution in [-0.2, 0) is 9.53 Å². The summed E-state index contributed by atoms with van der Waals surface area (Å²) < 4.78 is 5.52. The molecule has 1 aliphatic heterocycles. The van der Waals surface area contributed by atoms with Crippen molar-refractivity contribution in [2.45, 2.75) is 51.0 Å². The molecule has 0 aromatic carbocycles. The van der Waals surface area contributed by atoms with E-state index in [2.05, 4.69) is 6.92 Å². The van der Waals surface area contributed by atoms with Crippen LogP contribution < -0.4 is 0 Å². The van der Waals surface area contributed by atoms with E-state index in [1.54, 1.807) is 0 Å². The van der Waals surface area contributed by atoms with E-state index in [0.29, 0.717) is 12.2 Å². The van der Waals surface area contributed by atoms with Gasteiger partial charge in [0.1, 0.15) is 0 Å². The van der Waals surface area contributed by atoms with E-state index in [0.717, 1.165) is 17.9 Å². The Balaban J connectivity index is 1.77. The van der Waals surface area contributed by atoms with Crippen molar-refractivity contribution in [2.24, 2.45) is 11.8 Å². The summed E-state index contributed by atoms with van der Waals surface area (Å²) in [4.78, 5) is 11.1. The van der Waals surface area contributed by atoms with Crippen LogP contribution in [0.25, 0.3) is 0 Å². The quantitative estimate of drug-likeness (QED) is 0.505. The summed E-state index contributed by atoms with van der Waals surface area (Å²) in [6.45, 7) is 4.23. The highest BCUT2D eigenvalue weighted by Crippen LogP contribution is 2.44. The molecule has 1 heterocycles. The molecule has 2 nitrogen and oxygen atoms in total. The van der Waals surface area contributed by atoms with Gasteiger partial charge >= 0.3 is 0 Å². The first kappa shape index (κ1) is 9.68. The summed E-state index contributed by atoms with van der Waals surface area (Å²) in [5.74, 6) is 1.57. The van der Waals surface area contributed by atoms with Crippen LogP contribution in [0.5, 0.6) is 0 Å². The Kier molecular flexibility index (Phi) is 2.77. The summed E-state index contributed by atoms with van der Waals surface area (Å²) in [7, 11) is -1.57. The Labute approximate surface area is 82.0 Å². The second kappa shape index (κ2) is 3.71. The lowest BCUT2D eigenvalue weighted by molar-refractivity contribution is 0.274. The lowest BCUT2D eigenvalue weighted by atomic mass is 9.79. The predicted molar refractivity (Wildman–Crippen MR) is 53.7 cm³/mol. The summed E-state index contributed by atoms with van der Waals surface area (Å²) in [6, 6.07) is 0.979. The van der Waals surface area contributed by atoms with Crippen molar-refractivity contribution in [3.8, 4) is 0 Å². The molecule has 0 spiro atoms. The molecule has 0 aromatic heterocycles. The van der Waals surface area contributed by atoms with Gasteiger partial charge in [0.2, 0.25) is 9.04 Å². The number of fused-ring (bicyclic) bond motifs is 1. The molecule has 2 fully saturated rings. The molecule has 1 aliphatic carbocycles. The van der Waals surface area contributed by atoms with Crippen molar-refractivity contribution in [3.63, 3.8) is 0 Å². The van der Waals surface area contributed by atoms with Gasteiger partial charge in [0.25, 0.3) is 0 Å². The van der Waals surface area contributed by atoms with Crippen LogP contribution >= 0.6 is 0 Å². The molecular weight excluding hydrogens is 180 g/mol. The molecule has 2 aliphatic rings. The first-order valence-corrected chi connectivity index (χ1v) is 7.92. The fourth-order valence-electron chi connectivity index (χ4n) is 2.53. The summed E-state index contributed by atoms with van der Waals surface area (Å²) >= 11 is 0. The first-order chi connectivity index (χ1) is 6.16. The second-order valence-electron chi connectivity index (χ2n) is 4.81. The lowest BCUT2D eigenvalue weighted by Gasteiger charge is -2.26. The zero-order valence-corrected chi connectivity index (χ0v) is 9.69. The Morgan fingerprint density at radius 3 is 2.77 bits per heavy atom. The number of rotatable bonds is 3. The van der Waals surface area contributed by atoms with E-state index >= 15 is 0 Å². The van der Waals surface area contributed by atoms with Gasteiger partial charge in [-0.1, -0.05) is 13.3 Å². The SMILES string of the molecule is CC1CC2OC2CC1CC[SiH](C)[O]. The van der Waals surface area contributed by atoms with Crippen LogP contribution in [-0.4, -0.2) is 21.2 Å². The predicted octanol–water partition coefficient (Wildman–Crippen LogP) is 1.97. The highest BCUT2D eigenvalue weighted by molar-refractivity contribution is 6.48. The Bertz CT molecular complexity index is 184. The largest absolute Gasteiger partial charge is 0.370 e. The van der Waals surface area contributed by atoms with Gasteiger partial charge in [0, 0.05) is 0 Å². The van der Waals surface area contributed by atoms with Crippen molar-refractivity contribution in [1.29, 1.82) is 0 Å². The van der Waals surface area contributed by atoms with Crippen LogP contribution in [0.3, 0.4) is 0 Å². The molecule has 0 aromatic rings. The Morgan fingerprint density at radius 1 is 1.38 bits per heavy atom. The molecule has 0 amide bonds. The topological polar surface area (TPSA) is 32.4 Å². The molecule has 1 saturated heterocycles. The summed E-state index contributed by atoms with van der Waals surface area (Å²) in [5.41, 5.74) is 0. The van der Waals surface area contributed by atoms with E-state index in [4.69, 9.17) is 4.74 Å². The molecule has 5 atom stereocenters. The normalized spacial score (nSPS) is 45.5. The lowest BCUT2D eigenvalue weighted by Crippen LogP contribution is -2.23. The van der Waals surface area contributed by atoms with E-state index < -0.39 is 9.04 Å². The zero-order valence-electron chi connectivity index (χ0n) is 8.53. The van der Waals surface area contributed by atoms with E-state index in [1.165, 1.54) is 19.3 Å². The van der Waals surface area contributed by atoms with Gasteiger partial charge in [0.05, 0.1) is 12.2 Å². The molecular formula is C10H19O2Si. The fraction of sp³-hybridized carbons (Fsp3) is 1.00. The maximum absolute atomic E-state index is 11.1. The third-order valence-electron chi connectivity index (χ3n) is 3.58. The molecule has 1 saturated carbocycles. The van der Waals surface area contributed by atoms with Crippen molar-refractivity contribution in [3.05, 3.63) is 0 Å².